The summed E-state index contributed by atoms with van der Waals surface area (Å²) < 4.78 is 0.323. The first kappa shape index (κ1) is 26.9. The molecular formula is C22H45N3O3. The van der Waals surface area contributed by atoms with E-state index in [0.717, 1.165) is 12.8 Å². The van der Waals surface area contributed by atoms with Crippen molar-refractivity contribution in [1.82, 2.24) is 5.32 Å². The molecule has 6 heteroatoms. The number of unbranched alkanes of at least 4 members (excludes halogenated alkanes) is 11. The van der Waals surface area contributed by atoms with Crippen LogP contribution in [0.5, 0.6) is 0 Å². The lowest BCUT2D eigenvalue weighted by Gasteiger charge is -2.35. The normalized spacial score (nSPS) is 13.9. The maximum Gasteiger partial charge on any atom is 0.231 e. The summed E-state index contributed by atoms with van der Waals surface area (Å²) >= 11 is 0. The van der Waals surface area contributed by atoms with Gasteiger partial charge in [0, 0.05) is 18.9 Å². The second kappa shape index (κ2) is 15.7. The van der Waals surface area contributed by atoms with Gasteiger partial charge in [-0.3, -0.25) is 10.5 Å². The summed E-state index contributed by atoms with van der Waals surface area (Å²) in [5, 5.41) is 13.8. The molecule has 0 aliphatic heterocycles. The SMILES string of the molecule is CCCCCCCCCCCCCCNC(=O)C(CC(=O)[O-])C(N)[N+](C)(C)C. The number of nitrogens with two attached hydrogens (primary N) is 1. The van der Waals surface area contributed by atoms with E-state index in [1.54, 1.807) is 0 Å². The smallest absolute Gasteiger partial charge is 0.231 e. The van der Waals surface area contributed by atoms with Crippen LogP contribution in [0.25, 0.3) is 0 Å². The third-order valence-electron chi connectivity index (χ3n) is 5.36. The zero-order chi connectivity index (χ0) is 21.4. The Labute approximate surface area is 172 Å². The fourth-order valence-corrected chi connectivity index (χ4v) is 3.40. The van der Waals surface area contributed by atoms with Crippen LogP contribution in [0.3, 0.4) is 0 Å². The Morgan fingerprint density at radius 3 is 1.68 bits per heavy atom. The van der Waals surface area contributed by atoms with Crippen LogP contribution in [-0.4, -0.2) is 50.2 Å². The molecule has 0 aromatic rings. The van der Waals surface area contributed by atoms with Crippen molar-refractivity contribution in [2.24, 2.45) is 11.7 Å². The summed E-state index contributed by atoms with van der Waals surface area (Å²) in [6.07, 6.45) is 14.3. The number of aliphatic carboxylic acids is 1. The van der Waals surface area contributed by atoms with Gasteiger partial charge in [0.2, 0.25) is 5.91 Å². The van der Waals surface area contributed by atoms with Crippen molar-refractivity contribution < 1.29 is 19.2 Å². The van der Waals surface area contributed by atoms with Crippen molar-refractivity contribution in [3.8, 4) is 0 Å². The number of carbonyl (C=O) groups is 2. The fraction of sp³-hybridized carbons (Fsp3) is 0.909. The lowest BCUT2D eigenvalue weighted by Crippen LogP contribution is -2.59. The van der Waals surface area contributed by atoms with Crippen LogP contribution in [0.2, 0.25) is 0 Å². The maximum absolute atomic E-state index is 12.4. The molecule has 3 N–H and O–H groups in total. The molecule has 0 spiro atoms. The molecule has 0 saturated heterocycles. The number of carboxylic acid groups (broad SMARTS) is 1. The fourth-order valence-electron chi connectivity index (χ4n) is 3.40. The van der Waals surface area contributed by atoms with Gasteiger partial charge in [0.25, 0.3) is 0 Å². The summed E-state index contributed by atoms with van der Waals surface area (Å²) in [5.74, 6) is -2.30. The van der Waals surface area contributed by atoms with E-state index in [9.17, 15) is 14.7 Å². The summed E-state index contributed by atoms with van der Waals surface area (Å²) in [6, 6.07) is 0. The molecule has 0 fully saturated rings. The largest absolute Gasteiger partial charge is 0.550 e. The van der Waals surface area contributed by atoms with Crippen LogP contribution in [0.4, 0.5) is 0 Å². The number of rotatable bonds is 18. The Morgan fingerprint density at radius 2 is 1.29 bits per heavy atom. The van der Waals surface area contributed by atoms with Crippen molar-refractivity contribution in [2.45, 2.75) is 96.6 Å². The van der Waals surface area contributed by atoms with Gasteiger partial charge in [0.1, 0.15) is 5.92 Å². The predicted octanol–water partition coefficient (Wildman–Crippen LogP) is 2.55. The third kappa shape index (κ3) is 13.9. The predicted molar refractivity (Wildman–Crippen MR) is 113 cm³/mol. The van der Waals surface area contributed by atoms with Crippen LogP contribution in [-0.2, 0) is 9.59 Å². The van der Waals surface area contributed by atoms with Gasteiger partial charge in [-0.1, -0.05) is 77.6 Å². The summed E-state index contributed by atoms with van der Waals surface area (Å²) in [6.45, 7) is 2.82. The van der Waals surface area contributed by atoms with Crippen molar-refractivity contribution in [3.05, 3.63) is 0 Å². The molecule has 2 atom stereocenters. The van der Waals surface area contributed by atoms with Gasteiger partial charge in [0.15, 0.2) is 6.17 Å². The molecule has 0 rings (SSSR count). The van der Waals surface area contributed by atoms with Crippen LogP contribution in [0, 0.1) is 5.92 Å². The summed E-state index contributed by atoms with van der Waals surface area (Å²) in [7, 11) is 5.56. The van der Waals surface area contributed by atoms with E-state index in [1.807, 2.05) is 21.1 Å². The van der Waals surface area contributed by atoms with Gasteiger partial charge < -0.3 is 19.7 Å². The van der Waals surface area contributed by atoms with Crippen molar-refractivity contribution in [3.63, 3.8) is 0 Å². The maximum atomic E-state index is 12.4. The number of nitrogens with zero attached hydrogens (tertiary/aromatic N) is 1. The molecule has 28 heavy (non-hydrogen) atoms. The Hall–Kier alpha value is -1.14. The van der Waals surface area contributed by atoms with Crippen LogP contribution in [0.15, 0.2) is 0 Å². The topological polar surface area (TPSA) is 95.2 Å². The lowest BCUT2D eigenvalue weighted by atomic mass is 9.99. The minimum atomic E-state index is -1.24. The zero-order valence-electron chi connectivity index (χ0n) is 18.8. The van der Waals surface area contributed by atoms with E-state index in [1.165, 1.54) is 64.2 Å². The quantitative estimate of drug-likeness (QED) is 0.210. The molecule has 2 unspecified atom stereocenters. The first-order valence-corrected chi connectivity index (χ1v) is 11.2. The molecule has 166 valence electrons. The second-order valence-corrected chi connectivity index (χ2v) is 8.97. The van der Waals surface area contributed by atoms with Crippen molar-refractivity contribution in [2.75, 3.05) is 27.7 Å². The van der Waals surface area contributed by atoms with Gasteiger partial charge in [-0.15, -0.1) is 0 Å². The average Bonchev–Trinajstić information content (AvgIpc) is 2.61. The zero-order valence-corrected chi connectivity index (χ0v) is 18.8. The number of carbonyl (C=O) groups excluding carboxylic acids is 2. The Morgan fingerprint density at radius 1 is 0.857 bits per heavy atom. The first-order valence-electron chi connectivity index (χ1n) is 11.2. The Bertz CT molecular complexity index is 422. The van der Waals surface area contributed by atoms with E-state index in [-0.39, 0.29) is 12.3 Å². The molecule has 0 aliphatic rings. The lowest BCUT2D eigenvalue weighted by molar-refractivity contribution is -0.898. The van der Waals surface area contributed by atoms with Gasteiger partial charge in [-0.25, -0.2) is 0 Å². The molecule has 0 radical (unpaired) electrons. The van der Waals surface area contributed by atoms with Crippen LogP contribution in [0.1, 0.15) is 90.4 Å². The standard InChI is InChI=1S/C22H45N3O3/c1-5-6-7-8-9-10-11-12-13-14-15-16-17-24-22(28)19(18-20(26)27)21(23)25(2,3)4/h19,21H,5-18,23H2,1-4H3,(H-,24,26,27,28). The Balaban J connectivity index is 3.82. The van der Waals surface area contributed by atoms with Crippen LogP contribution >= 0.6 is 0 Å². The average molecular weight is 400 g/mol. The van der Waals surface area contributed by atoms with E-state index >= 15 is 0 Å². The third-order valence-corrected chi connectivity index (χ3v) is 5.36. The molecule has 0 bridgehead atoms. The van der Waals surface area contributed by atoms with E-state index in [0.29, 0.717) is 11.0 Å². The van der Waals surface area contributed by atoms with Gasteiger partial charge in [-0.2, -0.15) is 0 Å². The highest BCUT2D eigenvalue weighted by atomic mass is 16.4. The highest BCUT2D eigenvalue weighted by Crippen LogP contribution is 2.14. The molecule has 6 nitrogen and oxygen atoms in total. The molecule has 0 aromatic carbocycles. The number of amides is 1. The molecule has 0 aromatic heterocycles. The number of nitrogens with one attached hydrogen (secondary N) is 1. The van der Waals surface area contributed by atoms with E-state index in [4.69, 9.17) is 5.73 Å². The molecule has 1 amide bonds. The molecule has 0 saturated carbocycles. The number of hydrogen-bond acceptors (Lipinski definition) is 4. The minimum absolute atomic E-state index is 0.284. The Kier molecular flexibility index (Phi) is 15.1. The van der Waals surface area contributed by atoms with E-state index in [2.05, 4.69) is 12.2 Å². The van der Waals surface area contributed by atoms with E-state index < -0.39 is 18.1 Å². The minimum Gasteiger partial charge on any atom is -0.550 e. The highest BCUT2D eigenvalue weighted by molar-refractivity contribution is 5.83. The number of quaternary nitrogens is 1. The van der Waals surface area contributed by atoms with Crippen LogP contribution < -0.4 is 16.2 Å². The summed E-state index contributed by atoms with van der Waals surface area (Å²) in [5.41, 5.74) is 6.11. The van der Waals surface area contributed by atoms with Gasteiger partial charge in [0.05, 0.1) is 21.1 Å². The number of carboxylic acids is 1. The van der Waals surface area contributed by atoms with Crippen molar-refractivity contribution in [1.29, 1.82) is 0 Å². The highest BCUT2D eigenvalue weighted by Gasteiger charge is 2.34. The van der Waals surface area contributed by atoms with Crippen molar-refractivity contribution >= 4 is 11.9 Å². The van der Waals surface area contributed by atoms with Gasteiger partial charge >= 0.3 is 0 Å². The monoisotopic (exact) mass is 399 g/mol. The summed E-state index contributed by atoms with van der Waals surface area (Å²) in [4.78, 5) is 23.4. The molecule has 0 aliphatic carbocycles. The molecule has 0 heterocycles. The van der Waals surface area contributed by atoms with Gasteiger partial charge in [-0.05, 0) is 6.42 Å². The second-order valence-electron chi connectivity index (χ2n) is 8.97. The number of hydrogen-bond donors (Lipinski definition) is 2. The molecular weight excluding hydrogens is 354 g/mol. The first-order chi connectivity index (χ1) is 13.2.